The zero-order valence-corrected chi connectivity index (χ0v) is 9.81. The predicted octanol–water partition coefficient (Wildman–Crippen LogP) is 3.18. The summed E-state index contributed by atoms with van der Waals surface area (Å²) in [4.78, 5) is 10.3. The average Bonchev–Trinajstić information content (AvgIpc) is 2.87. The van der Waals surface area contributed by atoms with Gasteiger partial charge in [-0.2, -0.15) is 0 Å². The van der Waals surface area contributed by atoms with E-state index in [9.17, 15) is 4.79 Å². The monoisotopic (exact) mass is 218 g/mol. The zero-order valence-electron chi connectivity index (χ0n) is 9.81. The Morgan fingerprint density at radius 3 is 3.00 bits per heavy atom. The van der Waals surface area contributed by atoms with E-state index in [2.05, 4.69) is 26.0 Å². The quantitative estimate of drug-likeness (QED) is 0.449. The minimum absolute atomic E-state index is 0.437. The minimum Gasteiger partial charge on any atom is -0.478 e. The van der Waals surface area contributed by atoms with Gasteiger partial charge in [-0.1, -0.05) is 36.8 Å². The van der Waals surface area contributed by atoms with E-state index in [1.165, 1.54) is 24.5 Å². The first-order valence-electron chi connectivity index (χ1n) is 5.78. The lowest BCUT2D eigenvalue weighted by molar-refractivity contribution is -0.131. The highest BCUT2D eigenvalue weighted by Crippen LogP contribution is 2.63. The fourth-order valence-corrected chi connectivity index (χ4v) is 2.87. The van der Waals surface area contributed by atoms with Crippen molar-refractivity contribution in [3.05, 3.63) is 36.0 Å². The normalized spacial score (nSPS) is 37.5. The molecule has 1 N–H and O–H groups in total. The fraction of sp³-hybridized carbons (Fsp3) is 0.500. The van der Waals surface area contributed by atoms with Gasteiger partial charge < -0.3 is 5.11 Å². The molecule has 0 aliphatic heterocycles. The van der Waals surface area contributed by atoms with E-state index < -0.39 is 5.97 Å². The smallest absolute Gasteiger partial charge is 0.328 e. The van der Waals surface area contributed by atoms with E-state index in [1.54, 1.807) is 6.08 Å². The first-order chi connectivity index (χ1) is 7.54. The maximum atomic E-state index is 10.3. The first kappa shape index (κ1) is 11.2. The van der Waals surface area contributed by atoms with Crippen LogP contribution in [0.25, 0.3) is 0 Å². The molecule has 1 fully saturated rings. The molecule has 0 radical (unpaired) electrons. The van der Waals surface area contributed by atoms with Crippen molar-refractivity contribution in [2.45, 2.75) is 26.7 Å². The number of hydrogen-bond donors (Lipinski definition) is 1. The second-order valence-corrected chi connectivity index (χ2v) is 5.15. The van der Waals surface area contributed by atoms with Crippen molar-refractivity contribution in [2.75, 3.05) is 0 Å². The summed E-state index contributed by atoms with van der Waals surface area (Å²) in [6.07, 6.45) is 11.6. The fourth-order valence-electron chi connectivity index (χ4n) is 2.87. The van der Waals surface area contributed by atoms with Crippen molar-refractivity contribution in [3.8, 4) is 0 Å². The Morgan fingerprint density at radius 2 is 2.31 bits per heavy atom. The summed E-state index contributed by atoms with van der Waals surface area (Å²) in [7, 11) is 0. The van der Waals surface area contributed by atoms with Gasteiger partial charge in [-0.25, -0.2) is 4.79 Å². The van der Waals surface area contributed by atoms with E-state index in [-0.39, 0.29) is 0 Å². The molecule has 0 aromatic carbocycles. The third-order valence-electron chi connectivity index (χ3n) is 4.04. The topological polar surface area (TPSA) is 37.3 Å². The van der Waals surface area contributed by atoms with Crippen molar-refractivity contribution in [1.82, 2.24) is 0 Å². The predicted molar refractivity (Wildman–Crippen MR) is 64.0 cm³/mol. The molecule has 3 atom stereocenters. The summed E-state index contributed by atoms with van der Waals surface area (Å²) in [5.74, 6) is 0.440. The Labute approximate surface area is 96.4 Å². The lowest BCUT2D eigenvalue weighted by Gasteiger charge is -2.26. The number of carboxylic acid groups (broad SMARTS) is 1. The number of allylic oxidation sites excluding steroid dienone is 5. The van der Waals surface area contributed by atoms with Crippen LogP contribution in [0, 0.1) is 17.3 Å². The number of carbonyl (C=O) groups is 1. The van der Waals surface area contributed by atoms with Crippen LogP contribution in [0.5, 0.6) is 0 Å². The molecule has 0 spiro atoms. The second kappa shape index (κ2) is 3.93. The molecule has 2 nitrogen and oxygen atoms in total. The van der Waals surface area contributed by atoms with Gasteiger partial charge in [-0.15, -0.1) is 0 Å². The van der Waals surface area contributed by atoms with E-state index in [1.807, 2.05) is 6.08 Å². The highest BCUT2D eigenvalue weighted by Gasteiger charge is 2.55. The van der Waals surface area contributed by atoms with Gasteiger partial charge in [0.05, 0.1) is 0 Å². The molecule has 0 bridgehead atoms. The van der Waals surface area contributed by atoms with Gasteiger partial charge >= 0.3 is 5.97 Å². The van der Waals surface area contributed by atoms with E-state index in [4.69, 9.17) is 5.11 Å². The summed E-state index contributed by atoms with van der Waals surface area (Å²) in [5, 5.41) is 8.48. The maximum Gasteiger partial charge on any atom is 0.328 e. The first-order valence-corrected chi connectivity index (χ1v) is 5.78. The summed E-state index contributed by atoms with van der Waals surface area (Å²) in [5.41, 5.74) is 1.86. The van der Waals surface area contributed by atoms with E-state index in [0.29, 0.717) is 11.3 Å². The molecule has 3 unspecified atom stereocenters. The van der Waals surface area contributed by atoms with Crippen molar-refractivity contribution < 1.29 is 9.90 Å². The van der Waals surface area contributed by atoms with Gasteiger partial charge in [-0.3, -0.25) is 0 Å². The van der Waals surface area contributed by atoms with Crippen molar-refractivity contribution in [2.24, 2.45) is 17.3 Å². The van der Waals surface area contributed by atoms with Crippen LogP contribution in [0.2, 0.25) is 0 Å². The molecule has 0 heterocycles. The van der Waals surface area contributed by atoms with Crippen LogP contribution in [0.15, 0.2) is 36.0 Å². The molecule has 0 amide bonds. The Morgan fingerprint density at radius 1 is 1.56 bits per heavy atom. The Hall–Kier alpha value is -1.31. The number of aliphatic carboxylic acids is 1. The van der Waals surface area contributed by atoms with Crippen molar-refractivity contribution in [3.63, 3.8) is 0 Å². The van der Waals surface area contributed by atoms with Crippen LogP contribution in [0.1, 0.15) is 26.7 Å². The Balaban J connectivity index is 2.06. The van der Waals surface area contributed by atoms with Gasteiger partial charge in [-0.05, 0) is 31.1 Å². The summed E-state index contributed by atoms with van der Waals surface area (Å²) in [6, 6.07) is 0. The molecule has 2 aliphatic carbocycles. The van der Waals surface area contributed by atoms with Gasteiger partial charge in [0, 0.05) is 12.0 Å². The number of carboxylic acids is 1. The highest BCUT2D eigenvalue weighted by molar-refractivity contribution is 5.80. The summed E-state index contributed by atoms with van der Waals surface area (Å²) in [6.45, 7) is 4.51. The largest absolute Gasteiger partial charge is 0.478 e. The third kappa shape index (κ3) is 1.97. The number of rotatable bonds is 3. The molecule has 0 aromatic rings. The van der Waals surface area contributed by atoms with E-state index in [0.717, 1.165) is 5.92 Å². The van der Waals surface area contributed by atoms with Gasteiger partial charge in [0.25, 0.3) is 0 Å². The zero-order chi connectivity index (χ0) is 11.8. The summed E-state index contributed by atoms with van der Waals surface area (Å²) >= 11 is 0. The molecule has 86 valence electrons. The number of hydrogen-bond acceptors (Lipinski definition) is 1. The third-order valence-corrected chi connectivity index (χ3v) is 4.04. The molecular formula is C14H18O2. The SMILES string of the molecule is CC1=CCC2CC2(C)C1/C=C/C=C\C(=O)O. The Kier molecular flexibility index (Phi) is 2.75. The highest BCUT2D eigenvalue weighted by atomic mass is 16.4. The van der Waals surface area contributed by atoms with Crippen LogP contribution in [0.3, 0.4) is 0 Å². The molecule has 2 aliphatic rings. The van der Waals surface area contributed by atoms with Crippen LogP contribution in [-0.4, -0.2) is 11.1 Å². The van der Waals surface area contributed by atoms with Gasteiger partial charge in [0.15, 0.2) is 0 Å². The lowest BCUT2D eigenvalue weighted by Crippen LogP contribution is -2.17. The van der Waals surface area contributed by atoms with Gasteiger partial charge in [0.1, 0.15) is 0 Å². The van der Waals surface area contributed by atoms with E-state index >= 15 is 0 Å². The standard InChI is InChI=1S/C14H18O2/c1-10-7-8-11-9-14(11,2)12(10)5-3-4-6-13(15)16/h3-7,11-12H,8-9H2,1-2H3,(H,15,16)/b5-3+,6-4-. The minimum atomic E-state index is -0.893. The Bertz CT molecular complexity index is 390. The molecule has 2 rings (SSSR count). The molecule has 0 aromatic heterocycles. The van der Waals surface area contributed by atoms with Gasteiger partial charge in [0.2, 0.25) is 0 Å². The molecule has 1 saturated carbocycles. The average molecular weight is 218 g/mol. The number of fused-ring (bicyclic) bond motifs is 1. The molecule has 16 heavy (non-hydrogen) atoms. The molecule has 2 heteroatoms. The van der Waals surface area contributed by atoms with Crippen molar-refractivity contribution in [1.29, 1.82) is 0 Å². The molecule has 0 saturated heterocycles. The van der Waals surface area contributed by atoms with Crippen LogP contribution < -0.4 is 0 Å². The van der Waals surface area contributed by atoms with Crippen LogP contribution in [0.4, 0.5) is 0 Å². The second-order valence-electron chi connectivity index (χ2n) is 5.15. The lowest BCUT2D eigenvalue weighted by atomic mass is 9.78. The summed E-state index contributed by atoms with van der Waals surface area (Å²) < 4.78 is 0. The molecular weight excluding hydrogens is 200 g/mol. The van der Waals surface area contributed by atoms with Crippen LogP contribution >= 0.6 is 0 Å². The van der Waals surface area contributed by atoms with Crippen LogP contribution in [-0.2, 0) is 4.79 Å². The van der Waals surface area contributed by atoms with Crippen molar-refractivity contribution >= 4 is 5.97 Å². The maximum absolute atomic E-state index is 10.3.